The number of thiophene rings is 1. The molecule has 88 valence electrons. The molecule has 0 atom stereocenters. The van der Waals surface area contributed by atoms with Gasteiger partial charge in [-0.3, -0.25) is 4.98 Å². The lowest BCUT2D eigenvalue weighted by Gasteiger charge is -2.06. The van der Waals surface area contributed by atoms with E-state index in [-0.39, 0.29) is 0 Å². The maximum atomic E-state index is 4.44. The fraction of sp³-hybridized carbons (Fsp3) is 0.267. The van der Waals surface area contributed by atoms with E-state index in [4.69, 9.17) is 0 Å². The third-order valence-corrected chi connectivity index (χ3v) is 3.68. The molecule has 2 aromatic rings. The van der Waals surface area contributed by atoms with E-state index in [9.17, 15) is 0 Å². The Morgan fingerprint density at radius 1 is 1.29 bits per heavy atom. The molecule has 0 aliphatic heterocycles. The fourth-order valence-corrected chi connectivity index (χ4v) is 2.86. The van der Waals surface area contributed by atoms with E-state index in [1.54, 1.807) is 11.3 Å². The van der Waals surface area contributed by atoms with Crippen molar-refractivity contribution in [2.24, 2.45) is 0 Å². The number of hydrogen-bond donors (Lipinski definition) is 0. The molecule has 2 aromatic heterocycles. The van der Waals surface area contributed by atoms with Crippen LogP contribution in [0, 0.1) is 0 Å². The smallest absolute Gasteiger partial charge is 0.0807 e. The summed E-state index contributed by atoms with van der Waals surface area (Å²) in [6, 6.07) is 8.29. The molecule has 2 rings (SSSR count). The van der Waals surface area contributed by atoms with Crippen LogP contribution in [0.3, 0.4) is 0 Å². The average molecular weight is 243 g/mol. The van der Waals surface area contributed by atoms with Crippen molar-refractivity contribution in [3.8, 4) is 10.6 Å². The van der Waals surface area contributed by atoms with Crippen LogP contribution < -0.4 is 0 Å². The Morgan fingerprint density at radius 3 is 2.82 bits per heavy atom. The van der Waals surface area contributed by atoms with Gasteiger partial charge in [0.2, 0.25) is 0 Å². The Morgan fingerprint density at radius 2 is 2.18 bits per heavy atom. The van der Waals surface area contributed by atoms with Crippen molar-refractivity contribution >= 4 is 16.9 Å². The minimum absolute atomic E-state index is 1.07. The molecule has 0 spiro atoms. The van der Waals surface area contributed by atoms with Crippen molar-refractivity contribution in [2.75, 3.05) is 0 Å². The lowest BCUT2D eigenvalue weighted by molar-refractivity contribution is 1.17. The maximum Gasteiger partial charge on any atom is 0.0807 e. The van der Waals surface area contributed by atoms with E-state index < -0.39 is 0 Å². The summed E-state index contributed by atoms with van der Waals surface area (Å²) in [4.78, 5) is 5.73. The molecule has 0 saturated carbocycles. The second kappa shape index (κ2) is 5.78. The molecule has 2 heterocycles. The van der Waals surface area contributed by atoms with E-state index in [1.165, 1.54) is 16.0 Å². The quantitative estimate of drug-likeness (QED) is 0.735. The molecule has 0 N–H and O–H groups in total. The number of hydrogen-bond acceptors (Lipinski definition) is 2. The lowest BCUT2D eigenvalue weighted by atomic mass is 10.0. The first-order valence-corrected chi connectivity index (χ1v) is 6.93. The third kappa shape index (κ3) is 2.64. The Labute approximate surface area is 107 Å². The zero-order valence-corrected chi connectivity index (χ0v) is 11.1. The van der Waals surface area contributed by atoms with Crippen molar-refractivity contribution in [1.82, 2.24) is 4.98 Å². The van der Waals surface area contributed by atoms with Crippen molar-refractivity contribution in [3.63, 3.8) is 0 Å². The first-order valence-electron chi connectivity index (χ1n) is 6.05. The lowest BCUT2D eigenvalue weighted by Crippen LogP contribution is -1.86. The topological polar surface area (TPSA) is 12.9 Å². The average Bonchev–Trinajstić information content (AvgIpc) is 2.86. The largest absolute Gasteiger partial charge is 0.255 e. The molecule has 0 aliphatic carbocycles. The van der Waals surface area contributed by atoms with Gasteiger partial charge in [-0.05, 0) is 47.6 Å². The van der Waals surface area contributed by atoms with Crippen LogP contribution in [0.2, 0.25) is 0 Å². The van der Waals surface area contributed by atoms with Crippen molar-refractivity contribution in [3.05, 3.63) is 47.5 Å². The first kappa shape index (κ1) is 12.1. The standard InChI is InChI=1S/C15H17NS/c1-3-7-12(4-2)13-9-11-17-15(13)14-8-5-6-10-16-14/h5-11H,3-4H2,1-2H3/b12-7+. The number of aromatic nitrogens is 1. The van der Waals surface area contributed by atoms with Gasteiger partial charge in [0, 0.05) is 6.20 Å². The van der Waals surface area contributed by atoms with Gasteiger partial charge in [-0.2, -0.15) is 0 Å². The summed E-state index contributed by atoms with van der Waals surface area (Å²) in [5.41, 5.74) is 3.85. The van der Waals surface area contributed by atoms with Gasteiger partial charge in [0.25, 0.3) is 0 Å². The minimum Gasteiger partial charge on any atom is -0.255 e. The predicted molar refractivity (Wildman–Crippen MR) is 76.1 cm³/mol. The zero-order valence-electron chi connectivity index (χ0n) is 10.3. The molecule has 1 nitrogen and oxygen atoms in total. The van der Waals surface area contributed by atoms with Gasteiger partial charge in [-0.15, -0.1) is 11.3 Å². The Bertz CT molecular complexity index is 497. The van der Waals surface area contributed by atoms with Crippen LogP contribution in [0.15, 0.2) is 41.9 Å². The van der Waals surface area contributed by atoms with E-state index in [1.807, 2.05) is 18.3 Å². The van der Waals surface area contributed by atoms with E-state index in [0.717, 1.165) is 18.5 Å². The SMILES string of the molecule is CC/C=C(\CC)c1ccsc1-c1ccccn1. The number of nitrogens with zero attached hydrogens (tertiary/aromatic N) is 1. The Hall–Kier alpha value is -1.41. The monoisotopic (exact) mass is 243 g/mol. The second-order valence-corrected chi connectivity index (χ2v) is 4.79. The Balaban J connectivity index is 2.45. The molecule has 0 fully saturated rings. The minimum atomic E-state index is 1.07. The molecule has 0 aromatic carbocycles. The highest BCUT2D eigenvalue weighted by Crippen LogP contribution is 2.34. The normalized spacial score (nSPS) is 11.8. The van der Waals surface area contributed by atoms with Crippen LogP contribution in [-0.4, -0.2) is 4.98 Å². The highest BCUT2D eigenvalue weighted by molar-refractivity contribution is 7.13. The number of allylic oxidation sites excluding steroid dienone is 2. The molecule has 2 heteroatoms. The highest BCUT2D eigenvalue weighted by atomic mass is 32.1. The van der Waals surface area contributed by atoms with Gasteiger partial charge in [-0.25, -0.2) is 0 Å². The third-order valence-electron chi connectivity index (χ3n) is 2.74. The molecule has 0 unspecified atom stereocenters. The summed E-state index contributed by atoms with van der Waals surface area (Å²) in [5.74, 6) is 0. The molecular formula is C15H17NS. The summed E-state index contributed by atoms with van der Waals surface area (Å²) in [5, 5.41) is 2.15. The maximum absolute atomic E-state index is 4.44. The van der Waals surface area contributed by atoms with E-state index >= 15 is 0 Å². The van der Waals surface area contributed by atoms with Crippen LogP contribution in [0.25, 0.3) is 16.1 Å². The second-order valence-electron chi connectivity index (χ2n) is 3.87. The van der Waals surface area contributed by atoms with E-state index in [0.29, 0.717) is 0 Å². The van der Waals surface area contributed by atoms with Crippen molar-refractivity contribution in [1.29, 1.82) is 0 Å². The van der Waals surface area contributed by atoms with Gasteiger partial charge in [0.15, 0.2) is 0 Å². The van der Waals surface area contributed by atoms with Gasteiger partial charge in [0.05, 0.1) is 10.6 Å². The molecule has 17 heavy (non-hydrogen) atoms. The molecular weight excluding hydrogens is 226 g/mol. The number of rotatable bonds is 4. The highest BCUT2D eigenvalue weighted by Gasteiger charge is 2.10. The van der Waals surface area contributed by atoms with Crippen LogP contribution >= 0.6 is 11.3 Å². The predicted octanol–water partition coefficient (Wildman–Crippen LogP) is 5.01. The van der Waals surface area contributed by atoms with Crippen LogP contribution in [0.5, 0.6) is 0 Å². The summed E-state index contributed by atoms with van der Waals surface area (Å²) in [6.07, 6.45) is 6.33. The van der Waals surface area contributed by atoms with Crippen molar-refractivity contribution in [2.45, 2.75) is 26.7 Å². The summed E-state index contributed by atoms with van der Waals surface area (Å²) < 4.78 is 0. The van der Waals surface area contributed by atoms with Gasteiger partial charge in [-0.1, -0.05) is 26.0 Å². The molecule has 0 bridgehead atoms. The van der Waals surface area contributed by atoms with Crippen LogP contribution in [0.1, 0.15) is 32.3 Å². The summed E-state index contributed by atoms with van der Waals surface area (Å²) >= 11 is 1.77. The van der Waals surface area contributed by atoms with Gasteiger partial charge >= 0.3 is 0 Å². The Kier molecular flexibility index (Phi) is 4.10. The van der Waals surface area contributed by atoms with Gasteiger partial charge in [0.1, 0.15) is 0 Å². The summed E-state index contributed by atoms with van der Waals surface area (Å²) in [6.45, 7) is 4.39. The van der Waals surface area contributed by atoms with Crippen molar-refractivity contribution < 1.29 is 0 Å². The number of pyridine rings is 1. The molecule has 0 amide bonds. The van der Waals surface area contributed by atoms with Crippen LogP contribution in [0.4, 0.5) is 0 Å². The fourth-order valence-electron chi connectivity index (χ4n) is 1.95. The van der Waals surface area contributed by atoms with Crippen LogP contribution in [-0.2, 0) is 0 Å². The summed E-state index contributed by atoms with van der Waals surface area (Å²) in [7, 11) is 0. The molecule has 0 aliphatic rings. The molecule has 0 radical (unpaired) electrons. The zero-order chi connectivity index (χ0) is 12.1. The van der Waals surface area contributed by atoms with Gasteiger partial charge < -0.3 is 0 Å². The van der Waals surface area contributed by atoms with E-state index in [2.05, 4.69) is 42.4 Å². The first-order chi connectivity index (χ1) is 8.36. The molecule has 0 saturated heterocycles.